The van der Waals surface area contributed by atoms with Gasteiger partial charge in [-0.3, -0.25) is 0 Å². The van der Waals surface area contributed by atoms with Crippen LogP contribution in [0.1, 0.15) is 44.5 Å². The van der Waals surface area contributed by atoms with Crippen molar-refractivity contribution in [2.75, 3.05) is 0 Å². The topological polar surface area (TPSA) is 88.2 Å². The molecule has 20 heavy (non-hydrogen) atoms. The predicted molar refractivity (Wildman–Crippen MR) is 77.3 cm³/mol. The first-order valence-electron chi connectivity index (χ1n) is 6.53. The van der Waals surface area contributed by atoms with Crippen molar-refractivity contribution in [3.05, 3.63) is 36.2 Å². The monoisotopic (exact) mass is 279 g/mol. The van der Waals surface area contributed by atoms with Crippen molar-refractivity contribution in [1.29, 1.82) is 0 Å². The third kappa shape index (κ3) is 5.09. The summed E-state index contributed by atoms with van der Waals surface area (Å²) in [7, 11) is 0. The molecule has 0 spiro atoms. The van der Waals surface area contributed by atoms with Gasteiger partial charge in [0.2, 0.25) is 0 Å². The first kappa shape index (κ1) is 17.6. The van der Waals surface area contributed by atoms with E-state index in [9.17, 15) is 9.90 Å². The Bertz CT molecular complexity index is 510. The zero-order chi connectivity index (χ0) is 15.5. The summed E-state index contributed by atoms with van der Waals surface area (Å²) >= 11 is 0. The molecule has 0 unspecified atom stereocenters. The molecule has 0 radical (unpaired) electrons. The van der Waals surface area contributed by atoms with Crippen LogP contribution in [0.5, 0.6) is 5.75 Å². The van der Waals surface area contributed by atoms with Crippen molar-refractivity contribution in [2.45, 2.75) is 34.1 Å². The number of carboxylic acid groups (broad SMARTS) is 1. The van der Waals surface area contributed by atoms with Crippen LogP contribution in [-0.2, 0) is 0 Å². The zero-order valence-electron chi connectivity index (χ0n) is 12.2. The van der Waals surface area contributed by atoms with E-state index in [4.69, 9.17) is 5.11 Å². The number of aromatic nitrogens is 3. The predicted octanol–water partition coefficient (Wildman–Crippen LogP) is 3.11. The third-order valence-electron chi connectivity index (χ3n) is 1.90. The summed E-state index contributed by atoms with van der Waals surface area (Å²) in [6.45, 7) is 8.25. The van der Waals surface area contributed by atoms with Gasteiger partial charge in [-0.2, -0.15) is 0 Å². The van der Waals surface area contributed by atoms with Crippen LogP contribution in [0.4, 0.5) is 0 Å². The number of nitrogens with zero attached hydrogens (tertiary/aromatic N) is 3. The summed E-state index contributed by atoms with van der Waals surface area (Å²) in [6, 6.07) is 4.18. The molecule has 2 N–H and O–H groups in total. The van der Waals surface area contributed by atoms with Crippen LogP contribution in [0, 0.1) is 0 Å². The second-order valence-corrected chi connectivity index (χ2v) is 3.56. The van der Waals surface area contributed by atoms with Crippen molar-refractivity contribution in [2.24, 2.45) is 0 Å². The van der Waals surface area contributed by atoms with E-state index in [-0.39, 0.29) is 11.3 Å². The minimum absolute atomic E-state index is 0.164. The van der Waals surface area contributed by atoms with Crippen molar-refractivity contribution < 1.29 is 15.0 Å². The van der Waals surface area contributed by atoms with Gasteiger partial charge in [0.25, 0.3) is 0 Å². The minimum Gasteiger partial charge on any atom is -0.507 e. The molecular formula is C14H21N3O3. The van der Waals surface area contributed by atoms with Crippen LogP contribution in [0.2, 0.25) is 0 Å². The van der Waals surface area contributed by atoms with Gasteiger partial charge >= 0.3 is 5.97 Å². The number of benzene rings is 1. The van der Waals surface area contributed by atoms with E-state index < -0.39 is 5.97 Å². The highest BCUT2D eigenvalue weighted by molar-refractivity contribution is 5.91. The van der Waals surface area contributed by atoms with E-state index in [1.807, 2.05) is 13.8 Å². The fourth-order valence-electron chi connectivity index (χ4n) is 1.18. The van der Waals surface area contributed by atoms with E-state index in [1.54, 1.807) is 12.3 Å². The van der Waals surface area contributed by atoms with Gasteiger partial charge in [-0.1, -0.05) is 39.3 Å². The molecule has 2 aromatic rings. The Hall–Kier alpha value is -2.37. The second-order valence-electron chi connectivity index (χ2n) is 3.56. The van der Waals surface area contributed by atoms with Crippen LogP contribution in [0.15, 0.2) is 30.6 Å². The molecule has 110 valence electrons. The summed E-state index contributed by atoms with van der Waals surface area (Å²) in [5.74, 6) is -1.46. The van der Waals surface area contributed by atoms with Crippen LogP contribution in [-0.4, -0.2) is 31.2 Å². The molecule has 0 bridgehead atoms. The number of phenols is 1. The maximum Gasteiger partial charge on any atom is 0.339 e. The Morgan fingerprint density at radius 3 is 2.35 bits per heavy atom. The average molecular weight is 279 g/mol. The normalized spacial score (nSPS) is 8.80. The average Bonchev–Trinajstić information content (AvgIpc) is 2.96. The van der Waals surface area contributed by atoms with Crippen LogP contribution in [0.25, 0.3) is 5.69 Å². The van der Waals surface area contributed by atoms with Crippen molar-refractivity contribution in [3.63, 3.8) is 0 Å². The molecule has 0 atom stereocenters. The highest BCUT2D eigenvalue weighted by Gasteiger charge is 2.10. The van der Waals surface area contributed by atoms with Crippen LogP contribution >= 0.6 is 0 Å². The maximum atomic E-state index is 10.7. The molecule has 0 aliphatic carbocycles. The lowest BCUT2D eigenvalue weighted by Gasteiger charge is -2.03. The van der Waals surface area contributed by atoms with E-state index in [1.165, 1.54) is 29.4 Å². The Balaban J connectivity index is 0.000000641. The molecule has 0 fully saturated rings. The maximum absolute atomic E-state index is 10.7. The van der Waals surface area contributed by atoms with E-state index >= 15 is 0 Å². The van der Waals surface area contributed by atoms with E-state index in [0.29, 0.717) is 5.69 Å². The van der Waals surface area contributed by atoms with E-state index in [0.717, 1.165) is 0 Å². The Labute approximate surface area is 118 Å². The van der Waals surface area contributed by atoms with Gasteiger partial charge in [-0.25, -0.2) is 9.48 Å². The molecule has 1 heterocycles. The fourth-order valence-corrected chi connectivity index (χ4v) is 1.18. The molecular weight excluding hydrogens is 258 g/mol. The summed E-state index contributed by atoms with van der Waals surface area (Å²) in [5, 5.41) is 25.4. The molecule has 0 saturated heterocycles. The molecule has 0 aliphatic heterocycles. The fraction of sp³-hybridized carbons (Fsp3) is 0.357. The number of hydrogen-bond donors (Lipinski definition) is 2. The number of carboxylic acids is 1. The molecule has 0 saturated carbocycles. The highest BCUT2D eigenvalue weighted by Crippen LogP contribution is 2.19. The van der Waals surface area contributed by atoms with Crippen LogP contribution in [0.3, 0.4) is 0 Å². The number of hydrogen-bond acceptors (Lipinski definition) is 4. The molecule has 6 heteroatoms. The van der Waals surface area contributed by atoms with Crippen molar-refractivity contribution in [3.8, 4) is 11.4 Å². The summed E-state index contributed by atoms with van der Waals surface area (Å²) in [6.07, 6.45) is 4.31. The Morgan fingerprint density at radius 2 is 1.90 bits per heavy atom. The van der Waals surface area contributed by atoms with Gasteiger partial charge in [0.05, 0.1) is 18.1 Å². The lowest BCUT2D eigenvalue weighted by Crippen LogP contribution is -2.01. The molecule has 1 aromatic heterocycles. The molecule has 1 aromatic carbocycles. The molecule has 0 aliphatic rings. The Kier molecular flexibility index (Phi) is 8.41. The first-order chi connectivity index (χ1) is 9.60. The van der Waals surface area contributed by atoms with Gasteiger partial charge in [0, 0.05) is 0 Å². The smallest absolute Gasteiger partial charge is 0.339 e. The first-order valence-corrected chi connectivity index (χ1v) is 6.53. The van der Waals surface area contributed by atoms with Gasteiger partial charge in [-0.05, 0) is 18.2 Å². The van der Waals surface area contributed by atoms with E-state index in [2.05, 4.69) is 24.2 Å². The Morgan fingerprint density at radius 1 is 1.30 bits per heavy atom. The highest BCUT2D eigenvalue weighted by atomic mass is 16.4. The quantitative estimate of drug-likeness (QED) is 0.881. The second kappa shape index (κ2) is 9.55. The lowest BCUT2D eigenvalue weighted by molar-refractivity contribution is 0.0693. The summed E-state index contributed by atoms with van der Waals surface area (Å²) < 4.78 is 1.41. The number of carbonyl (C=O) groups is 1. The van der Waals surface area contributed by atoms with Gasteiger partial charge < -0.3 is 10.2 Å². The molecule has 0 amide bonds. The van der Waals surface area contributed by atoms with Gasteiger partial charge in [0.15, 0.2) is 0 Å². The third-order valence-corrected chi connectivity index (χ3v) is 1.90. The lowest BCUT2D eigenvalue weighted by atomic mass is 10.2. The summed E-state index contributed by atoms with van der Waals surface area (Å²) in [5.41, 5.74) is 0.366. The standard InChI is InChI=1S/C9H7N3O3.C3H8.C2H6/c13-8-2-1-6(5-7(8)9(14)15)12-4-3-10-11-12;1-3-2;1-2/h1-5,13H,(H,14,15);3H2,1-2H3;1-2H3. The molecule has 6 nitrogen and oxygen atoms in total. The van der Waals surface area contributed by atoms with Gasteiger partial charge in [-0.15, -0.1) is 5.10 Å². The largest absolute Gasteiger partial charge is 0.507 e. The summed E-state index contributed by atoms with van der Waals surface area (Å²) in [4.78, 5) is 10.7. The zero-order valence-corrected chi connectivity index (χ0v) is 12.2. The number of aromatic hydroxyl groups is 1. The number of rotatable bonds is 2. The molecule has 2 rings (SSSR count). The van der Waals surface area contributed by atoms with Crippen LogP contribution < -0.4 is 0 Å². The minimum atomic E-state index is -1.19. The number of aromatic carboxylic acids is 1. The van der Waals surface area contributed by atoms with Gasteiger partial charge in [0.1, 0.15) is 11.3 Å². The SMILES string of the molecule is CC.CCC.O=C(O)c1cc(-n2ccnn2)ccc1O. The van der Waals surface area contributed by atoms with Crippen molar-refractivity contribution in [1.82, 2.24) is 15.0 Å². The van der Waals surface area contributed by atoms with Crippen molar-refractivity contribution >= 4 is 5.97 Å².